The van der Waals surface area contributed by atoms with Crippen LogP contribution in [0.5, 0.6) is 11.5 Å². The Morgan fingerprint density at radius 3 is 2.48 bits per heavy atom. The Labute approximate surface area is 149 Å². The molecule has 10 heteroatoms. The summed E-state index contributed by atoms with van der Waals surface area (Å²) < 4.78 is 57.8. The molecule has 138 valence electrons. The highest BCUT2D eigenvalue weighted by atomic mass is 19.3. The molecule has 3 aromatic rings. The molecular formula is C17H10F4N4O2. The number of pyridine rings is 1. The second-order valence-electron chi connectivity index (χ2n) is 5.17. The maximum absolute atomic E-state index is 13.8. The molecule has 2 aromatic heterocycles. The van der Waals surface area contributed by atoms with Crippen molar-refractivity contribution in [2.24, 2.45) is 0 Å². The molecule has 0 spiro atoms. The highest BCUT2D eigenvalue weighted by Crippen LogP contribution is 2.24. The molecule has 2 heterocycles. The van der Waals surface area contributed by atoms with Crippen molar-refractivity contribution in [2.75, 3.05) is 5.32 Å². The molecule has 0 saturated heterocycles. The van der Waals surface area contributed by atoms with Gasteiger partial charge in [-0.25, -0.2) is 32.5 Å². The number of benzene rings is 1. The standard InChI is InChI=1S/C17H10F4N4O2/c18-10-3-9(4-11(5-10)27-12-6-22-8-23-7-12)17(26)25-14-2-1-13(19)15(24-14)16(20)21/h1-8,16H,(H,24,25,26). The molecule has 0 aliphatic heterocycles. The van der Waals surface area contributed by atoms with Crippen LogP contribution in [0, 0.1) is 11.6 Å². The number of hydrogen-bond acceptors (Lipinski definition) is 5. The van der Waals surface area contributed by atoms with E-state index in [0.29, 0.717) is 0 Å². The minimum absolute atomic E-state index is 0.00437. The average Bonchev–Trinajstić information content (AvgIpc) is 2.63. The number of carbonyl (C=O) groups is 1. The Kier molecular flexibility index (Phi) is 5.25. The van der Waals surface area contributed by atoms with Crippen LogP contribution < -0.4 is 10.1 Å². The average molecular weight is 378 g/mol. The van der Waals surface area contributed by atoms with Gasteiger partial charge in [-0.05, 0) is 24.3 Å². The van der Waals surface area contributed by atoms with E-state index < -0.39 is 29.7 Å². The molecule has 6 nitrogen and oxygen atoms in total. The van der Waals surface area contributed by atoms with Gasteiger partial charge in [0.2, 0.25) is 0 Å². The summed E-state index contributed by atoms with van der Waals surface area (Å²) in [4.78, 5) is 23.1. The molecule has 1 amide bonds. The van der Waals surface area contributed by atoms with Crippen LogP contribution in [0.2, 0.25) is 0 Å². The van der Waals surface area contributed by atoms with Gasteiger partial charge in [0.05, 0.1) is 12.4 Å². The fourth-order valence-electron chi connectivity index (χ4n) is 2.10. The SMILES string of the molecule is O=C(Nc1ccc(F)c(C(F)F)n1)c1cc(F)cc(Oc2cncnc2)c1. The largest absolute Gasteiger partial charge is 0.454 e. The topological polar surface area (TPSA) is 77.0 Å². The summed E-state index contributed by atoms with van der Waals surface area (Å²) in [6.45, 7) is 0. The van der Waals surface area contributed by atoms with E-state index in [9.17, 15) is 22.4 Å². The van der Waals surface area contributed by atoms with E-state index in [1.54, 1.807) is 0 Å². The first-order valence-corrected chi connectivity index (χ1v) is 7.42. The van der Waals surface area contributed by atoms with Crippen LogP contribution in [0.25, 0.3) is 0 Å². The Hall–Kier alpha value is -3.56. The number of ether oxygens (including phenoxy) is 1. The normalized spacial score (nSPS) is 10.7. The van der Waals surface area contributed by atoms with Gasteiger partial charge in [0.25, 0.3) is 12.3 Å². The number of halogens is 4. The number of hydrogen-bond donors (Lipinski definition) is 1. The maximum Gasteiger partial charge on any atom is 0.283 e. The molecule has 27 heavy (non-hydrogen) atoms. The van der Waals surface area contributed by atoms with Crippen molar-refractivity contribution in [1.29, 1.82) is 0 Å². The molecule has 0 atom stereocenters. The lowest BCUT2D eigenvalue weighted by Gasteiger charge is -2.09. The zero-order valence-corrected chi connectivity index (χ0v) is 13.4. The molecule has 1 N–H and O–H groups in total. The van der Waals surface area contributed by atoms with Crippen molar-refractivity contribution in [1.82, 2.24) is 15.0 Å². The highest BCUT2D eigenvalue weighted by Gasteiger charge is 2.17. The summed E-state index contributed by atoms with van der Waals surface area (Å²) in [6.07, 6.45) is 0.808. The zero-order valence-electron chi connectivity index (χ0n) is 13.4. The maximum atomic E-state index is 13.8. The number of nitrogens with zero attached hydrogens (tertiary/aromatic N) is 3. The first-order valence-electron chi connectivity index (χ1n) is 7.42. The molecule has 0 unspecified atom stereocenters. The molecule has 1 aromatic carbocycles. The summed E-state index contributed by atoms with van der Waals surface area (Å²) in [7, 11) is 0. The quantitative estimate of drug-likeness (QED) is 0.676. The van der Waals surface area contributed by atoms with Gasteiger partial charge in [0.15, 0.2) is 11.6 Å². The summed E-state index contributed by atoms with van der Waals surface area (Å²) in [5, 5.41) is 2.20. The van der Waals surface area contributed by atoms with Crippen molar-refractivity contribution in [3.05, 3.63) is 71.9 Å². The van der Waals surface area contributed by atoms with Crippen molar-refractivity contribution >= 4 is 11.7 Å². The van der Waals surface area contributed by atoms with Crippen LogP contribution in [0.4, 0.5) is 23.4 Å². The van der Waals surface area contributed by atoms with Crippen LogP contribution in [0.15, 0.2) is 49.1 Å². The van der Waals surface area contributed by atoms with Gasteiger partial charge in [0, 0.05) is 11.6 Å². The Bertz CT molecular complexity index is 970. The van der Waals surface area contributed by atoms with Crippen LogP contribution in [0.1, 0.15) is 22.5 Å². The second kappa shape index (κ2) is 7.77. The third-order valence-corrected chi connectivity index (χ3v) is 3.23. The van der Waals surface area contributed by atoms with E-state index in [1.165, 1.54) is 24.8 Å². The molecule has 0 aliphatic rings. The predicted octanol–water partition coefficient (Wildman–Crippen LogP) is 4.13. The number of anilines is 1. The van der Waals surface area contributed by atoms with Gasteiger partial charge in [0.1, 0.15) is 29.4 Å². The molecule has 0 bridgehead atoms. The summed E-state index contributed by atoms with van der Waals surface area (Å²) in [5.74, 6) is -2.90. The lowest BCUT2D eigenvalue weighted by Crippen LogP contribution is -2.14. The lowest BCUT2D eigenvalue weighted by atomic mass is 10.2. The fourth-order valence-corrected chi connectivity index (χ4v) is 2.10. The summed E-state index contributed by atoms with van der Waals surface area (Å²) >= 11 is 0. The number of alkyl halides is 2. The summed E-state index contributed by atoms with van der Waals surface area (Å²) in [5.41, 5.74) is -1.26. The lowest BCUT2D eigenvalue weighted by molar-refractivity contribution is 0.102. The first kappa shape index (κ1) is 18.2. The van der Waals surface area contributed by atoms with Crippen LogP contribution >= 0.6 is 0 Å². The molecule has 0 saturated carbocycles. The monoisotopic (exact) mass is 378 g/mol. The third-order valence-electron chi connectivity index (χ3n) is 3.23. The van der Waals surface area contributed by atoms with E-state index in [-0.39, 0.29) is 22.9 Å². The number of aromatic nitrogens is 3. The van der Waals surface area contributed by atoms with E-state index in [1.807, 2.05) is 0 Å². The molecular weight excluding hydrogens is 368 g/mol. The van der Waals surface area contributed by atoms with Gasteiger partial charge in [-0.3, -0.25) is 4.79 Å². The first-order chi connectivity index (χ1) is 12.9. The van der Waals surface area contributed by atoms with Crippen molar-refractivity contribution < 1.29 is 27.1 Å². The zero-order chi connectivity index (χ0) is 19.4. The molecule has 0 fully saturated rings. The van der Waals surface area contributed by atoms with Crippen LogP contribution in [-0.4, -0.2) is 20.9 Å². The van der Waals surface area contributed by atoms with E-state index >= 15 is 0 Å². The van der Waals surface area contributed by atoms with Crippen molar-refractivity contribution in [3.8, 4) is 11.5 Å². The smallest absolute Gasteiger partial charge is 0.283 e. The van der Waals surface area contributed by atoms with Gasteiger partial charge in [-0.1, -0.05) is 0 Å². The van der Waals surface area contributed by atoms with Crippen LogP contribution in [0.3, 0.4) is 0 Å². The van der Waals surface area contributed by atoms with Gasteiger partial charge in [-0.2, -0.15) is 0 Å². The van der Waals surface area contributed by atoms with Gasteiger partial charge < -0.3 is 10.1 Å². The van der Waals surface area contributed by atoms with Crippen LogP contribution in [-0.2, 0) is 0 Å². The minimum atomic E-state index is -3.15. The fraction of sp³-hybridized carbons (Fsp3) is 0.0588. The number of rotatable bonds is 5. The van der Waals surface area contributed by atoms with E-state index in [0.717, 1.165) is 24.3 Å². The van der Waals surface area contributed by atoms with Gasteiger partial charge in [-0.15, -0.1) is 0 Å². The summed E-state index contributed by atoms with van der Waals surface area (Å²) in [6, 6.07) is 4.94. The molecule has 3 rings (SSSR count). The molecule has 0 aliphatic carbocycles. The predicted molar refractivity (Wildman–Crippen MR) is 85.6 cm³/mol. The number of carbonyl (C=O) groups excluding carboxylic acids is 1. The van der Waals surface area contributed by atoms with Crippen molar-refractivity contribution in [2.45, 2.75) is 6.43 Å². The van der Waals surface area contributed by atoms with Crippen molar-refractivity contribution in [3.63, 3.8) is 0 Å². The van der Waals surface area contributed by atoms with E-state index in [2.05, 4.69) is 20.3 Å². The number of nitrogens with one attached hydrogen (secondary N) is 1. The molecule has 0 radical (unpaired) electrons. The second-order valence-corrected chi connectivity index (χ2v) is 5.17. The minimum Gasteiger partial charge on any atom is -0.454 e. The number of amides is 1. The third kappa shape index (κ3) is 4.54. The van der Waals surface area contributed by atoms with Gasteiger partial charge >= 0.3 is 0 Å². The Morgan fingerprint density at radius 2 is 1.78 bits per heavy atom. The van der Waals surface area contributed by atoms with E-state index in [4.69, 9.17) is 4.74 Å². The highest BCUT2D eigenvalue weighted by molar-refractivity contribution is 6.04. The Morgan fingerprint density at radius 1 is 1.04 bits per heavy atom. The Balaban J connectivity index is 1.82.